The summed E-state index contributed by atoms with van der Waals surface area (Å²) in [5, 5.41) is 4.81. The molecule has 1 aromatic carbocycles. The van der Waals surface area contributed by atoms with Gasteiger partial charge in [-0.25, -0.2) is 0 Å². The Balaban J connectivity index is 2.71. The molecule has 0 saturated heterocycles. The van der Waals surface area contributed by atoms with Gasteiger partial charge in [-0.3, -0.25) is 4.79 Å². The van der Waals surface area contributed by atoms with Crippen LogP contribution in [0.15, 0.2) is 16.6 Å². The number of ether oxygens (including phenoxy) is 1. The van der Waals surface area contributed by atoms with E-state index in [4.69, 9.17) is 16.3 Å². The highest BCUT2D eigenvalue weighted by atomic mass is 79.9. The van der Waals surface area contributed by atoms with Gasteiger partial charge in [0.25, 0.3) is 0 Å². The lowest BCUT2D eigenvalue weighted by Gasteiger charge is -2.14. The van der Waals surface area contributed by atoms with E-state index in [1.165, 1.54) is 6.07 Å². The molecule has 0 unspecified atom stereocenters. The molecule has 2 N–H and O–H groups in total. The lowest BCUT2D eigenvalue weighted by atomic mass is 10.3. The van der Waals surface area contributed by atoms with Crippen LogP contribution < -0.4 is 15.4 Å². The Morgan fingerprint density at radius 3 is 2.67 bits per heavy atom. The minimum atomic E-state index is -4.37. The molecule has 0 radical (unpaired) electrons. The third-order valence-corrected chi connectivity index (χ3v) is 2.99. The monoisotopic (exact) mass is 388 g/mol. The number of carbonyl (C=O) groups is 1. The maximum absolute atomic E-state index is 12.0. The average Bonchev–Trinajstić information content (AvgIpc) is 2.31. The Labute approximate surface area is 133 Å². The van der Waals surface area contributed by atoms with E-state index in [-0.39, 0.29) is 5.69 Å². The van der Waals surface area contributed by atoms with Crippen LogP contribution in [0, 0.1) is 0 Å². The molecule has 0 aliphatic rings. The van der Waals surface area contributed by atoms with Crippen LogP contribution in [0.1, 0.15) is 6.92 Å². The third kappa shape index (κ3) is 6.54. The molecule has 118 valence electrons. The van der Waals surface area contributed by atoms with Gasteiger partial charge in [-0.05, 0) is 35.0 Å². The van der Waals surface area contributed by atoms with Crippen molar-refractivity contribution in [1.82, 2.24) is 5.32 Å². The number of hydrogen-bond acceptors (Lipinski definition) is 3. The van der Waals surface area contributed by atoms with Crippen LogP contribution in [-0.2, 0) is 4.79 Å². The van der Waals surface area contributed by atoms with E-state index in [0.717, 1.165) is 0 Å². The van der Waals surface area contributed by atoms with Crippen LogP contribution in [0.2, 0.25) is 5.02 Å². The quantitative estimate of drug-likeness (QED) is 0.782. The fraction of sp³-hybridized carbons (Fsp3) is 0.417. The normalized spacial score (nSPS) is 11.3. The zero-order valence-corrected chi connectivity index (χ0v) is 13.3. The second-order valence-corrected chi connectivity index (χ2v) is 5.25. The summed E-state index contributed by atoms with van der Waals surface area (Å²) in [5.74, 6) is -0.263. The van der Waals surface area contributed by atoms with Crippen molar-refractivity contribution in [3.05, 3.63) is 21.6 Å². The van der Waals surface area contributed by atoms with E-state index in [1.807, 2.05) is 5.32 Å². The topological polar surface area (TPSA) is 50.4 Å². The molecular weight excluding hydrogens is 376 g/mol. The minimum Gasteiger partial charge on any atom is -0.491 e. The number of amides is 1. The molecule has 0 fully saturated rings. The van der Waals surface area contributed by atoms with E-state index in [2.05, 4.69) is 21.2 Å². The number of rotatable bonds is 6. The molecule has 0 spiro atoms. The highest BCUT2D eigenvalue weighted by molar-refractivity contribution is 9.10. The van der Waals surface area contributed by atoms with Crippen LogP contribution in [0.25, 0.3) is 0 Å². The first-order chi connectivity index (χ1) is 9.73. The van der Waals surface area contributed by atoms with Crippen LogP contribution in [0.3, 0.4) is 0 Å². The molecule has 0 aromatic heterocycles. The van der Waals surface area contributed by atoms with Gasteiger partial charge in [0.05, 0.1) is 29.9 Å². The van der Waals surface area contributed by atoms with E-state index < -0.39 is 25.2 Å². The Morgan fingerprint density at radius 2 is 2.10 bits per heavy atom. The highest BCUT2D eigenvalue weighted by Gasteiger charge is 2.26. The van der Waals surface area contributed by atoms with Crippen LogP contribution >= 0.6 is 27.5 Å². The Bertz CT molecular complexity index is 512. The van der Waals surface area contributed by atoms with Crippen molar-refractivity contribution in [3.63, 3.8) is 0 Å². The number of carbonyl (C=O) groups excluding carboxylic acids is 1. The molecule has 9 heteroatoms. The van der Waals surface area contributed by atoms with Gasteiger partial charge in [0.2, 0.25) is 5.91 Å². The third-order valence-electron chi connectivity index (χ3n) is 2.18. The summed E-state index contributed by atoms with van der Waals surface area (Å²) in [4.78, 5) is 11.6. The van der Waals surface area contributed by atoms with Gasteiger partial charge in [-0.2, -0.15) is 13.2 Å². The molecule has 0 saturated carbocycles. The predicted molar refractivity (Wildman–Crippen MR) is 77.9 cm³/mol. The molecule has 1 aromatic rings. The van der Waals surface area contributed by atoms with Crippen molar-refractivity contribution in [2.24, 2.45) is 0 Å². The summed E-state index contributed by atoms with van der Waals surface area (Å²) in [6, 6.07) is 3.04. The minimum absolute atomic E-state index is 0.287. The van der Waals surface area contributed by atoms with Crippen molar-refractivity contribution in [2.75, 3.05) is 25.0 Å². The number of benzene rings is 1. The SMILES string of the molecule is CCOc1c(Br)cc(Cl)cc1NC(=O)CNCC(F)(F)F. The lowest BCUT2D eigenvalue weighted by Crippen LogP contribution is -2.35. The summed E-state index contributed by atoms with van der Waals surface area (Å²) >= 11 is 9.11. The second-order valence-electron chi connectivity index (χ2n) is 3.96. The van der Waals surface area contributed by atoms with Gasteiger partial charge >= 0.3 is 6.18 Å². The van der Waals surface area contributed by atoms with Crippen molar-refractivity contribution < 1.29 is 22.7 Å². The second kappa shape index (κ2) is 7.86. The zero-order valence-electron chi connectivity index (χ0n) is 11.0. The molecule has 0 atom stereocenters. The number of nitrogens with one attached hydrogen (secondary N) is 2. The van der Waals surface area contributed by atoms with Gasteiger partial charge in [-0.15, -0.1) is 0 Å². The number of hydrogen-bond donors (Lipinski definition) is 2. The van der Waals surface area contributed by atoms with E-state index in [0.29, 0.717) is 21.9 Å². The largest absolute Gasteiger partial charge is 0.491 e. The Hall–Kier alpha value is -0.990. The fourth-order valence-electron chi connectivity index (χ4n) is 1.46. The van der Waals surface area contributed by atoms with Crippen LogP contribution in [0.4, 0.5) is 18.9 Å². The molecule has 0 aliphatic carbocycles. The van der Waals surface area contributed by atoms with Crippen molar-refractivity contribution in [1.29, 1.82) is 0 Å². The number of alkyl halides is 3. The first kappa shape index (κ1) is 18.1. The van der Waals surface area contributed by atoms with Gasteiger partial charge in [0.15, 0.2) is 5.75 Å². The zero-order chi connectivity index (χ0) is 16.0. The highest BCUT2D eigenvalue weighted by Crippen LogP contribution is 2.36. The Morgan fingerprint density at radius 1 is 1.43 bits per heavy atom. The standard InChI is InChI=1S/C12H13BrClF3N2O2/c1-2-21-11-8(13)3-7(14)4-9(11)19-10(20)5-18-6-12(15,16)17/h3-4,18H,2,5-6H2,1H3,(H,19,20). The average molecular weight is 390 g/mol. The van der Waals surface area contributed by atoms with E-state index >= 15 is 0 Å². The molecule has 21 heavy (non-hydrogen) atoms. The summed E-state index contributed by atoms with van der Waals surface area (Å²) in [5.41, 5.74) is 0.287. The summed E-state index contributed by atoms with van der Waals surface area (Å²) < 4.78 is 41.8. The molecule has 1 amide bonds. The van der Waals surface area contributed by atoms with Gasteiger partial charge in [-0.1, -0.05) is 11.6 Å². The molecule has 0 aliphatic heterocycles. The van der Waals surface area contributed by atoms with Gasteiger partial charge in [0, 0.05) is 5.02 Å². The van der Waals surface area contributed by atoms with Crippen molar-refractivity contribution in [3.8, 4) is 5.75 Å². The van der Waals surface area contributed by atoms with E-state index in [9.17, 15) is 18.0 Å². The van der Waals surface area contributed by atoms with Crippen LogP contribution in [0.5, 0.6) is 5.75 Å². The molecule has 0 heterocycles. The van der Waals surface area contributed by atoms with Gasteiger partial charge < -0.3 is 15.4 Å². The van der Waals surface area contributed by atoms with Crippen molar-refractivity contribution in [2.45, 2.75) is 13.1 Å². The first-order valence-electron chi connectivity index (χ1n) is 5.92. The molecule has 1 rings (SSSR count). The first-order valence-corrected chi connectivity index (χ1v) is 7.09. The predicted octanol–water partition coefficient (Wildman–Crippen LogP) is 3.59. The lowest BCUT2D eigenvalue weighted by molar-refractivity contribution is -0.126. The summed E-state index contributed by atoms with van der Waals surface area (Å²) in [6.45, 7) is 0.403. The Kier molecular flexibility index (Phi) is 6.76. The number of halogens is 5. The maximum atomic E-state index is 12.0. The van der Waals surface area contributed by atoms with Gasteiger partial charge in [0.1, 0.15) is 0 Å². The van der Waals surface area contributed by atoms with E-state index in [1.54, 1.807) is 13.0 Å². The number of anilines is 1. The summed E-state index contributed by atoms with van der Waals surface area (Å²) in [6.07, 6.45) is -4.37. The van der Waals surface area contributed by atoms with Crippen LogP contribution in [-0.4, -0.2) is 31.8 Å². The van der Waals surface area contributed by atoms with Crippen molar-refractivity contribution >= 4 is 39.1 Å². The maximum Gasteiger partial charge on any atom is 0.401 e. The molecule has 4 nitrogen and oxygen atoms in total. The molecule has 0 bridgehead atoms. The molecular formula is C12H13BrClF3N2O2. The fourth-order valence-corrected chi connectivity index (χ4v) is 2.38. The smallest absolute Gasteiger partial charge is 0.401 e. The summed E-state index contributed by atoms with van der Waals surface area (Å²) in [7, 11) is 0.